The van der Waals surface area contributed by atoms with Gasteiger partial charge in [-0.2, -0.15) is 0 Å². The van der Waals surface area contributed by atoms with Crippen LogP contribution in [0.1, 0.15) is 30.1 Å². The molecule has 1 aromatic heterocycles. The number of aromatic nitrogens is 1. The largest absolute Gasteiger partial charge is 0.338 e. The zero-order chi connectivity index (χ0) is 16.9. The summed E-state index contributed by atoms with van der Waals surface area (Å²) in [6.45, 7) is 6.71. The first kappa shape index (κ1) is 15.6. The Morgan fingerprint density at radius 3 is 2.83 bits per heavy atom. The highest BCUT2D eigenvalue weighted by atomic mass is 16.2. The van der Waals surface area contributed by atoms with Crippen LogP contribution < -0.4 is 4.90 Å². The van der Waals surface area contributed by atoms with Gasteiger partial charge in [0.05, 0.1) is 17.4 Å². The van der Waals surface area contributed by atoms with E-state index in [4.69, 9.17) is 0 Å². The average molecular weight is 328 g/mol. The van der Waals surface area contributed by atoms with Gasteiger partial charge in [-0.1, -0.05) is 6.92 Å². The lowest BCUT2D eigenvalue weighted by atomic mass is 9.83. The average Bonchev–Trinajstić information content (AvgIpc) is 3.17. The summed E-state index contributed by atoms with van der Waals surface area (Å²) in [5, 5.41) is 0. The second-order valence-corrected chi connectivity index (χ2v) is 7.81. The number of carbonyl (C=O) groups is 2. The van der Waals surface area contributed by atoms with Crippen molar-refractivity contribution >= 4 is 17.5 Å². The van der Waals surface area contributed by atoms with Crippen LogP contribution in [0.2, 0.25) is 0 Å². The molecule has 2 atom stereocenters. The van der Waals surface area contributed by atoms with E-state index >= 15 is 0 Å². The van der Waals surface area contributed by atoms with Crippen LogP contribution in [0, 0.1) is 11.3 Å². The summed E-state index contributed by atoms with van der Waals surface area (Å²) in [6.07, 6.45) is 4.75. The lowest BCUT2D eigenvalue weighted by Crippen LogP contribution is -2.35. The minimum absolute atomic E-state index is 0.0364. The normalized spacial score (nSPS) is 30.2. The van der Waals surface area contributed by atoms with Gasteiger partial charge >= 0.3 is 0 Å². The summed E-state index contributed by atoms with van der Waals surface area (Å²) in [4.78, 5) is 35.1. The van der Waals surface area contributed by atoms with Crippen molar-refractivity contribution in [3.8, 4) is 0 Å². The van der Waals surface area contributed by atoms with Crippen LogP contribution in [0.25, 0.3) is 0 Å². The molecule has 0 spiro atoms. The van der Waals surface area contributed by atoms with Gasteiger partial charge in [0.1, 0.15) is 0 Å². The Kier molecular flexibility index (Phi) is 3.60. The van der Waals surface area contributed by atoms with Crippen molar-refractivity contribution < 1.29 is 9.59 Å². The van der Waals surface area contributed by atoms with Crippen molar-refractivity contribution in [2.45, 2.75) is 19.8 Å². The monoisotopic (exact) mass is 328 g/mol. The Morgan fingerprint density at radius 1 is 1.29 bits per heavy atom. The number of fused-ring (bicyclic) bond motifs is 1. The molecular weight excluding hydrogens is 304 g/mol. The van der Waals surface area contributed by atoms with Gasteiger partial charge in [0.2, 0.25) is 5.91 Å². The third kappa shape index (κ3) is 2.49. The van der Waals surface area contributed by atoms with Gasteiger partial charge in [0.15, 0.2) is 0 Å². The summed E-state index contributed by atoms with van der Waals surface area (Å²) in [5.41, 5.74) is 1.53. The van der Waals surface area contributed by atoms with Crippen LogP contribution in [0.5, 0.6) is 0 Å². The number of likely N-dealkylation sites (tertiary alicyclic amines) is 2. The molecule has 4 rings (SSSR count). The van der Waals surface area contributed by atoms with E-state index in [0.717, 1.165) is 38.3 Å². The smallest absolute Gasteiger partial charge is 0.255 e. The summed E-state index contributed by atoms with van der Waals surface area (Å²) in [7, 11) is 2.15. The van der Waals surface area contributed by atoms with Crippen molar-refractivity contribution in [3.05, 3.63) is 24.0 Å². The number of rotatable bonds is 2. The molecular formula is C18H24N4O2. The Morgan fingerprint density at radius 2 is 2.12 bits per heavy atom. The van der Waals surface area contributed by atoms with Crippen molar-refractivity contribution in [2.24, 2.45) is 11.3 Å². The highest BCUT2D eigenvalue weighted by Gasteiger charge is 2.49. The quantitative estimate of drug-likeness (QED) is 0.819. The zero-order valence-corrected chi connectivity index (χ0v) is 14.4. The number of amides is 2. The maximum absolute atomic E-state index is 12.9. The molecule has 128 valence electrons. The van der Waals surface area contributed by atoms with Crippen molar-refractivity contribution in [3.63, 3.8) is 0 Å². The number of pyridine rings is 1. The van der Waals surface area contributed by atoms with Gasteiger partial charge in [-0.3, -0.25) is 14.6 Å². The Balaban J connectivity index is 1.52. The molecule has 6 heteroatoms. The van der Waals surface area contributed by atoms with Crippen LogP contribution in [0.4, 0.5) is 5.69 Å². The molecule has 6 nitrogen and oxygen atoms in total. The van der Waals surface area contributed by atoms with E-state index in [-0.39, 0.29) is 17.2 Å². The third-order valence-corrected chi connectivity index (χ3v) is 5.78. The van der Waals surface area contributed by atoms with Gasteiger partial charge in [0.25, 0.3) is 5.91 Å². The topological polar surface area (TPSA) is 56.8 Å². The maximum Gasteiger partial charge on any atom is 0.255 e. The van der Waals surface area contributed by atoms with Crippen LogP contribution in [-0.4, -0.2) is 66.4 Å². The van der Waals surface area contributed by atoms with Crippen molar-refractivity contribution in [1.82, 2.24) is 14.8 Å². The van der Waals surface area contributed by atoms with Crippen LogP contribution in [0.3, 0.4) is 0 Å². The van der Waals surface area contributed by atoms with Gasteiger partial charge < -0.3 is 14.7 Å². The van der Waals surface area contributed by atoms with Crippen LogP contribution in [-0.2, 0) is 4.79 Å². The molecule has 3 saturated heterocycles. The van der Waals surface area contributed by atoms with Gasteiger partial charge in [-0.15, -0.1) is 0 Å². The number of anilines is 1. The van der Waals surface area contributed by atoms with Gasteiger partial charge in [-0.25, -0.2) is 0 Å². The minimum atomic E-state index is 0.0364. The summed E-state index contributed by atoms with van der Waals surface area (Å²) >= 11 is 0. The highest BCUT2D eigenvalue weighted by Crippen LogP contribution is 2.41. The van der Waals surface area contributed by atoms with Gasteiger partial charge in [-0.05, 0) is 25.5 Å². The summed E-state index contributed by atoms with van der Waals surface area (Å²) < 4.78 is 0. The van der Waals surface area contributed by atoms with Crippen LogP contribution in [0.15, 0.2) is 18.5 Å². The first-order valence-electron chi connectivity index (χ1n) is 8.69. The second-order valence-electron chi connectivity index (χ2n) is 7.81. The molecule has 0 aliphatic carbocycles. The number of nitrogens with zero attached hydrogens (tertiary/aromatic N) is 4. The number of carbonyl (C=O) groups excluding carboxylic acids is 2. The Labute approximate surface area is 142 Å². The number of hydrogen-bond donors (Lipinski definition) is 0. The Bertz CT molecular complexity index is 691. The van der Waals surface area contributed by atoms with E-state index < -0.39 is 0 Å². The highest BCUT2D eigenvalue weighted by molar-refractivity contribution is 5.98. The summed E-state index contributed by atoms with van der Waals surface area (Å²) in [5.74, 6) is 0.699. The lowest BCUT2D eigenvalue weighted by Gasteiger charge is -2.24. The molecule has 2 amide bonds. The molecule has 0 radical (unpaired) electrons. The SMILES string of the molecule is CN1C[C@@H]2CN(C(=O)c3cncc(N4CCCC4=O)c3)C[C@]2(C)C1. The molecule has 1 aromatic rings. The number of hydrogen-bond acceptors (Lipinski definition) is 4. The van der Waals surface area contributed by atoms with E-state index in [9.17, 15) is 9.59 Å². The molecule has 0 bridgehead atoms. The van der Waals surface area contributed by atoms with Crippen molar-refractivity contribution in [1.29, 1.82) is 0 Å². The molecule has 3 aliphatic rings. The second kappa shape index (κ2) is 5.55. The molecule has 0 unspecified atom stereocenters. The maximum atomic E-state index is 12.9. The summed E-state index contributed by atoms with van der Waals surface area (Å²) in [6, 6.07) is 1.82. The molecule has 0 aromatic carbocycles. The van der Waals surface area contributed by atoms with E-state index in [0.29, 0.717) is 24.4 Å². The fraction of sp³-hybridized carbons (Fsp3) is 0.611. The van der Waals surface area contributed by atoms with E-state index in [2.05, 4.69) is 23.9 Å². The van der Waals surface area contributed by atoms with Crippen molar-refractivity contribution in [2.75, 3.05) is 44.7 Å². The fourth-order valence-corrected chi connectivity index (χ4v) is 4.58. The zero-order valence-electron chi connectivity index (χ0n) is 14.4. The first-order chi connectivity index (χ1) is 11.5. The Hall–Kier alpha value is -1.95. The first-order valence-corrected chi connectivity index (χ1v) is 8.69. The van der Waals surface area contributed by atoms with E-state index in [1.165, 1.54) is 0 Å². The van der Waals surface area contributed by atoms with E-state index in [1.54, 1.807) is 17.3 Å². The predicted molar refractivity (Wildman–Crippen MR) is 90.8 cm³/mol. The van der Waals surface area contributed by atoms with Gasteiger partial charge in [0, 0.05) is 50.8 Å². The van der Waals surface area contributed by atoms with E-state index in [1.807, 2.05) is 11.0 Å². The fourth-order valence-electron chi connectivity index (χ4n) is 4.58. The minimum Gasteiger partial charge on any atom is -0.338 e. The predicted octanol–water partition coefficient (Wildman–Crippen LogP) is 1.23. The molecule has 3 fully saturated rings. The molecule has 3 aliphatic heterocycles. The molecule has 0 N–H and O–H groups in total. The molecule has 4 heterocycles. The molecule has 0 saturated carbocycles. The standard InChI is InChI=1S/C18H24N4O2/c1-18-11-20(2)9-14(18)10-21(12-18)17(24)13-6-15(8-19-7-13)22-5-3-4-16(22)23/h6-8,14H,3-5,9-12H2,1-2H3/t14-,18+/m1/s1. The van der Waals surface area contributed by atoms with Crippen LogP contribution >= 0.6 is 0 Å². The third-order valence-electron chi connectivity index (χ3n) is 5.78. The molecule has 24 heavy (non-hydrogen) atoms. The lowest BCUT2D eigenvalue weighted by molar-refractivity contribution is -0.117.